The van der Waals surface area contributed by atoms with Crippen molar-refractivity contribution in [1.29, 1.82) is 0 Å². The Morgan fingerprint density at radius 2 is 1.54 bits per heavy atom. The molecule has 5 heterocycles. The van der Waals surface area contributed by atoms with E-state index in [9.17, 15) is 4.79 Å². The molecule has 0 bridgehead atoms. The van der Waals surface area contributed by atoms with Gasteiger partial charge in [0.05, 0.1) is 37.0 Å². The van der Waals surface area contributed by atoms with Crippen LogP contribution in [0.15, 0.2) is 11.1 Å². The Morgan fingerprint density at radius 1 is 0.857 bits per heavy atom. The summed E-state index contributed by atoms with van der Waals surface area (Å²) in [6.07, 6.45) is 12.5. The standard InChI is InChI=1S/C26H30N6OS2/c33-24-22-17-7-4-5-9-19(17)35-26(22)30-20(29-24)14-31-10-12-32(13-11-31)23-21-16-6-2-1-3-8-18(16)34-25(21)28-15-27-23/h15H,1-14H2,(H,29,30,33)/p+1. The van der Waals surface area contributed by atoms with E-state index in [-0.39, 0.29) is 5.56 Å². The molecule has 0 radical (unpaired) electrons. The third-order valence-electron chi connectivity index (χ3n) is 8.04. The fraction of sp³-hybridized carbons (Fsp3) is 0.538. The van der Waals surface area contributed by atoms with Crippen molar-refractivity contribution in [1.82, 2.24) is 19.9 Å². The van der Waals surface area contributed by atoms with Crippen molar-refractivity contribution in [2.24, 2.45) is 0 Å². The maximum atomic E-state index is 12.9. The number of aromatic nitrogens is 4. The average Bonchev–Trinajstić information content (AvgIpc) is 3.34. The second kappa shape index (κ2) is 8.94. The lowest BCUT2D eigenvalue weighted by Gasteiger charge is -2.33. The molecule has 4 aromatic rings. The molecule has 9 heteroatoms. The quantitative estimate of drug-likeness (QED) is 0.417. The summed E-state index contributed by atoms with van der Waals surface area (Å²) in [5.74, 6) is 1.96. The van der Waals surface area contributed by atoms with Crippen LogP contribution in [0.2, 0.25) is 0 Å². The maximum absolute atomic E-state index is 12.9. The molecule has 0 saturated carbocycles. The highest BCUT2D eigenvalue weighted by Gasteiger charge is 2.27. The first-order valence-electron chi connectivity index (χ1n) is 13.1. The van der Waals surface area contributed by atoms with Crippen molar-refractivity contribution in [3.8, 4) is 0 Å². The van der Waals surface area contributed by atoms with Gasteiger partial charge < -0.3 is 14.8 Å². The summed E-state index contributed by atoms with van der Waals surface area (Å²) in [7, 11) is 0. The minimum absolute atomic E-state index is 0.0592. The van der Waals surface area contributed by atoms with Gasteiger partial charge in [-0.2, -0.15) is 0 Å². The van der Waals surface area contributed by atoms with Gasteiger partial charge in [0.15, 0.2) is 5.82 Å². The number of piperazine rings is 1. The Kier molecular flexibility index (Phi) is 5.59. The number of aryl methyl sites for hydroxylation is 4. The van der Waals surface area contributed by atoms with Crippen LogP contribution in [0.4, 0.5) is 5.82 Å². The fourth-order valence-corrected chi connectivity index (χ4v) is 8.74. The van der Waals surface area contributed by atoms with E-state index in [4.69, 9.17) is 9.97 Å². The topological polar surface area (TPSA) is 79.2 Å². The van der Waals surface area contributed by atoms with Crippen LogP contribution < -0.4 is 15.4 Å². The Bertz CT molecular complexity index is 1460. The van der Waals surface area contributed by atoms with Gasteiger partial charge in [0.2, 0.25) is 0 Å². The third-order valence-corrected chi connectivity index (χ3v) is 10.4. The molecule has 2 N–H and O–H groups in total. The minimum atomic E-state index is 0.0592. The largest absolute Gasteiger partial charge is 0.345 e. The minimum Gasteiger partial charge on any atom is -0.345 e. The van der Waals surface area contributed by atoms with Crippen LogP contribution in [0.3, 0.4) is 0 Å². The van der Waals surface area contributed by atoms with Crippen LogP contribution in [0.25, 0.3) is 20.4 Å². The van der Waals surface area contributed by atoms with Crippen molar-refractivity contribution in [3.63, 3.8) is 0 Å². The van der Waals surface area contributed by atoms with Crippen molar-refractivity contribution in [3.05, 3.63) is 43.4 Å². The number of nitrogens with zero attached hydrogens (tertiary/aromatic N) is 4. The Labute approximate surface area is 212 Å². The monoisotopic (exact) mass is 507 g/mol. The molecule has 4 aromatic heterocycles. The summed E-state index contributed by atoms with van der Waals surface area (Å²) in [6, 6.07) is 0. The molecule has 0 amide bonds. The van der Waals surface area contributed by atoms with Gasteiger partial charge >= 0.3 is 0 Å². The Hall–Kier alpha value is -2.36. The lowest BCUT2D eigenvalue weighted by atomic mass is 9.97. The average molecular weight is 508 g/mol. The molecule has 7 nitrogen and oxygen atoms in total. The summed E-state index contributed by atoms with van der Waals surface area (Å²) in [4.78, 5) is 39.3. The number of aromatic amines is 1. The molecule has 7 rings (SSSR count). The zero-order valence-corrected chi connectivity index (χ0v) is 21.6. The van der Waals surface area contributed by atoms with Crippen molar-refractivity contribution in [2.75, 3.05) is 31.1 Å². The van der Waals surface area contributed by atoms with Crippen LogP contribution in [0.1, 0.15) is 58.8 Å². The summed E-state index contributed by atoms with van der Waals surface area (Å²) in [6.45, 7) is 4.73. The van der Waals surface area contributed by atoms with E-state index in [0.717, 1.165) is 78.7 Å². The first kappa shape index (κ1) is 21.9. The highest BCUT2D eigenvalue weighted by atomic mass is 32.1. The van der Waals surface area contributed by atoms with Crippen LogP contribution in [-0.2, 0) is 32.2 Å². The van der Waals surface area contributed by atoms with E-state index in [1.165, 1.54) is 69.7 Å². The second-order valence-electron chi connectivity index (χ2n) is 10.3. The molecular formula is C26H31N6OS2+. The first-order valence-corrected chi connectivity index (χ1v) is 14.7. The van der Waals surface area contributed by atoms with Gasteiger partial charge in [-0.3, -0.25) is 4.79 Å². The summed E-state index contributed by atoms with van der Waals surface area (Å²) in [5.41, 5.74) is 2.84. The number of H-pyrrole nitrogens is 1. The number of nitrogens with one attached hydrogen (secondary N) is 2. The lowest BCUT2D eigenvalue weighted by Crippen LogP contribution is -3.13. The molecule has 35 heavy (non-hydrogen) atoms. The summed E-state index contributed by atoms with van der Waals surface area (Å²) < 4.78 is 0. The number of rotatable bonds is 3. The van der Waals surface area contributed by atoms with Gasteiger partial charge in [-0.05, 0) is 62.5 Å². The number of hydrogen-bond acceptors (Lipinski definition) is 7. The molecule has 2 aliphatic carbocycles. The molecule has 0 aromatic carbocycles. The van der Waals surface area contributed by atoms with Crippen molar-refractivity contribution < 1.29 is 4.90 Å². The van der Waals surface area contributed by atoms with E-state index in [1.54, 1.807) is 17.7 Å². The van der Waals surface area contributed by atoms with Gasteiger partial charge in [-0.1, -0.05) is 6.42 Å². The highest BCUT2D eigenvalue weighted by molar-refractivity contribution is 7.19. The molecule has 1 aliphatic heterocycles. The van der Waals surface area contributed by atoms with Gasteiger partial charge in [0.25, 0.3) is 5.56 Å². The molecule has 182 valence electrons. The first-order chi connectivity index (χ1) is 17.2. The molecule has 3 aliphatic rings. The smallest absolute Gasteiger partial charge is 0.260 e. The van der Waals surface area contributed by atoms with Crippen LogP contribution in [0.5, 0.6) is 0 Å². The number of fused-ring (bicyclic) bond motifs is 6. The lowest BCUT2D eigenvalue weighted by molar-refractivity contribution is -0.915. The SMILES string of the molecule is O=c1[nH]c(C[NH+]2CCN(c3ncnc4sc5c(c34)CCCCC5)CC2)nc2sc3c(c12)CCCC3. The molecular weight excluding hydrogens is 476 g/mol. The highest BCUT2D eigenvalue weighted by Crippen LogP contribution is 2.38. The van der Waals surface area contributed by atoms with E-state index in [1.807, 2.05) is 11.3 Å². The van der Waals surface area contributed by atoms with Crippen LogP contribution in [0, 0.1) is 0 Å². The predicted octanol–water partition coefficient (Wildman–Crippen LogP) is 3.04. The molecule has 0 spiro atoms. The van der Waals surface area contributed by atoms with Gasteiger partial charge in [0, 0.05) is 9.75 Å². The van der Waals surface area contributed by atoms with E-state index in [0.29, 0.717) is 0 Å². The van der Waals surface area contributed by atoms with E-state index in [2.05, 4.69) is 14.9 Å². The van der Waals surface area contributed by atoms with Crippen LogP contribution >= 0.6 is 22.7 Å². The van der Waals surface area contributed by atoms with Gasteiger partial charge in [-0.15, -0.1) is 22.7 Å². The summed E-state index contributed by atoms with van der Waals surface area (Å²) >= 11 is 3.62. The predicted molar refractivity (Wildman–Crippen MR) is 142 cm³/mol. The third kappa shape index (κ3) is 3.88. The molecule has 1 fully saturated rings. The number of hydrogen-bond donors (Lipinski definition) is 2. The Balaban J connectivity index is 1.10. The van der Waals surface area contributed by atoms with Crippen molar-refractivity contribution in [2.45, 2.75) is 64.3 Å². The molecule has 0 atom stereocenters. The molecule has 0 unspecified atom stereocenters. The number of quaternary nitrogens is 1. The van der Waals surface area contributed by atoms with E-state index < -0.39 is 0 Å². The van der Waals surface area contributed by atoms with E-state index >= 15 is 0 Å². The van der Waals surface area contributed by atoms with Crippen LogP contribution in [-0.4, -0.2) is 46.1 Å². The normalized spacial score (nSPS) is 19.1. The van der Waals surface area contributed by atoms with Crippen molar-refractivity contribution >= 4 is 48.9 Å². The zero-order valence-electron chi connectivity index (χ0n) is 20.0. The summed E-state index contributed by atoms with van der Waals surface area (Å²) in [5, 5.41) is 2.17. The Morgan fingerprint density at radius 3 is 2.37 bits per heavy atom. The fourth-order valence-electron chi connectivity index (χ4n) is 6.23. The van der Waals surface area contributed by atoms with Gasteiger partial charge in [0.1, 0.15) is 28.4 Å². The van der Waals surface area contributed by atoms with Gasteiger partial charge in [-0.25, -0.2) is 15.0 Å². The maximum Gasteiger partial charge on any atom is 0.260 e. The zero-order chi connectivity index (χ0) is 23.4. The molecule has 1 saturated heterocycles. The number of anilines is 1. The number of thiophene rings is 2. The second-order valence-corrected chi connectivity index (χ2v) is 12.4.